The number of hydrogen-bond acceptors (Lipinski definition) is 2. The van der Waals surface area contributed by atoms with Gasteiger partial charge in [0.05, 0.1) is 28.9 Å². The molecule has 8 aliphatic carbocycles. The lowest BCUT2D eigenvalue weighted by Gasteiger charge is -2.67. The van der Waals surface area contributed by atoms with Crippen molar-refractivity contribution in [2.75, 3.05) is 7.11 Å². The van der Waals surface area contributed by atoms with Gasteiger partial charge < -0.3 is 4.74 Å². The molecule has 8 bridgehead atoms. The molecule has 1 N–H and O–H groups in total. The Morgan fingerprint density at radius 1 is 0.744 bits per heavy atom. The average molecular weight is 618 g/mol. The van der Waals surface area contributed by atoms with Gasteiger partial charge in [0.25, 0.3) is 0 Å². The highest BCUT2D eigenvalue weighted by Gasteiger charge is 2.63. The Balaban J connectivity index is 1.29. The van der Waals surface area contributed by atoms with Crippen LogP contribution in [-0.2, 0) is 11.0 Å². The van der Waals surface area contributed by atoms with Gasteiger partial charge in [-0.15, -0.1) is 0 Å². The lowest BCUT2D eigenvalue weighted by atomic mass is 9.55. The molecule has 0 radical (unpaired) electrons. The van der Waals surface area contributed by atoms with Crippen molar-refractivity contribution >= 4 is 24.2 Å². The molecule has 43 heavy (non-hydrogen) atoms. The van der Waals surface area contributed by atoms with Gasteiger partial charge in [0.2, 0.25) is 0 Å². The van der Waals surface area contributed by atoms with Crippen LogP contribution in [0.4, 0.5) is 0 Å². The van der Waals surface area contributed by atoms with Gasteiger partial charge in [-0.3, -0.25) is 0 Å². The summed E-state index contributed by atoms with van der Waals surface area (Å²) in [6, 6.07) is 18.0. The summed E-state index contributed by atoms with van der Waals surface area (Å²) in [4.78, 5) is 0. The zero-order valence-corrected chi connectivity index (χ0v) is 28.5. The third kappa shape index (κ3) is 5.09. The van der Waals surface area contributed by atoms with E-state index in [0.717, 1.165) is 41.3 Å². The fourth-order valence-electron chi connectivity index (χ4n) is 12.0. The average Bonchev–Trinajstić information content (AvgIpc) is 2.94. The van der Waals surface area contributed by atoms with Crippen LogP contribution in [0.2, 0.25) is 0 Å². The Kier molecular flexibility index (Phi) is 7.24. The van der Waals surface area contributed by atoms with E-state index in [1.807, 2.05) is 0 Å². The number of ether oxygens (including phenoxy) is 1. The summed E-state index contributed by atoms with van der Waals surface area (Å²) in [5.41, 5.74) is 2.60. The maximum Gasteiger partial charge on any atom is 0.118 e. The maximum atomic E-state index is 13.9. The number of methoxy groups -OCH3 is 1. The molecule has 2 aromatic rings. The highest BCUT2D eigenvalue weighted by atomic mass is 32.2. The van der Waals surface area contributed by atoms with Gasteiger partial charge in [0, 0.05) is 0 Å². The van der Waals surface area contributed by atoms with E-state index in [4.69, 9.17) is 4.74 Å². The SMILES string of the molecule is COc1ccc([C@H](N[S@](=O)C(C)(C)C)c2ccccc2P(C23CC4CC(CC(C4)C2)C3)C23CC4CC(CC(C4)C2)C3)cc1. The quantitative estimate of drug-likeness (QED) is 0.301. The second-order valence-electron chi connectivity index (χ2n) is 16.9. The molecule has 10 rings (SSSR count). The molecule has 0 spiro atoms. The van der Waals surface area contributed by atoms with Crippen LogP contribution in [0.15, 0.2) is 48.5 Å². The van der Waals surface area contributed by atoms with Gasteiger partial charge >= 0.3 is 0 Å². The van der Waals surface area contributed by atoms with Crippen LogP contribution in [0, 0.1) is 35.5 Å². The van der Waals surface area contributed by atoms with E-state index in [9.17, 15) is 4.21 Å². The molecule has 0 aromatic heterocycles. The summed E-state index contributed by atoms with van der Waals surface area (Å²) >= 11 is 0. The Hall–Kier alpha value is -1.22. The summed E-state index contributed by atoms with van der Waals surface area (Å²) in [5.74, 6) is 6.63. The lowest BCUT2D eigenvalue weighted by molar-refractivity contribution is 0.0195. The van der Waals surface area contributed by atoms with E-state index in [-0.39, 0.29) is 18.7 Å². The summed E-state index contributed by atoms with van der Waals surface area (Å²) < 4.78 is 22.8. The van der Waals surface area contributed by atoms with Gasteiger partial charge in [-0.2, -0.15) is 0 Å². The highest BCUT2D eigenvalue weighted by molar-refractivity contribution is 7.84. The molecule has 0 heterocycles. The van der Waals surface area contributed by atoms with E-state index in [0.29, 0.717) is 10.3 Å². The lowest BCUT2D eigenvalue weighted by Crippen LogP contribution is -2.58. The summed E-state index contributed by atoms with van der Waals surface area (Å²) in [6.07, 6.45) is 17.9. The first-order valence-electron chi connectivity index (χ1n) is 17.3. The molecule has 5 heteroatoms. The second kappa shape index (κ2) is 10.7. The molecular weight excluding hydrogens is 565 g/mol. The number of benzene rings is 2. The molecule has 2 atom stereocenters. The van der Waals surface area contributed by atoms with Crippen LogP contribution in [0.1, 0.15) is 115 Å². The number of rotatable bonds is 8. The maximum absolute atomic E-state index is 13.9. The van der Waals surface area contributed by atoms with Gasteiger partial charge in [-0.1, -0.05) is 44.3 Å². The van der Waals surface area contributed by atoms with Crippen molar-refractivity contribution in [2.24, 2.45) is 35.5 Å². The van der Waals surface area contributed by atoms with Gasteiger partial charge in [-0.25, -0.2) is 8.93 Å². The summed E-state index contributed by atoms with van der Waals surface area (Å²) in [7, 11) is 0.170. The zero-order valence-electron chi connectivity index (χ0n) is 26.8. The number of nitrogens with one attached hydrogen (secondary N) is 1. The molecule has 3 nitrogen and oxygen atoms in total. The van der Waals surface area contributed by atoms with Crippen molar-refractivity contribution in [3.8, 4) is 5.75 Å². The molecule has 0 amide bonds. The minimum atomic E-state index is -1.19. The van der Waals surface area contributed by atoms with Crippen LogP contribution in [0.5, 0.6) is 5.75 Å². The van der Waals surface area contributed by atoms with Crippen molar-refractivity contribution < 1.29 is 8.95 Å². The molecule has 2 aromatic carbocycles. The van der Waals surface area contributed by atoms with Crippen molar-refractivity contribution in [3.05, 3.63) is 59.7 Å². The molecule has 8 saturated carbocycles. The summed E-state index contributed by atoms with van der Waals surface area (Å²) in [5, 5.41) is 2.67. The first-order chi connectivity index (χ1) is 20.6. The van der Waals surface area contributed by atoms with Crippen LogP contribution in [0.25, 0.3) is 0 Å². The molecule has 8 aliphatic rings. The van der Waals surface area contributed by atoms with Crippen LogP contribution in [-0.4, -0.2) is 26.4 Å². The van der Waals surface area contributed by atoms with Crippen LogP contribution < -0.4 is 14.8 Å². The van der Waals surface area contributed by atoms with E-state index in [2.05, 4.69) is 74.0 Å². The Morgan fingerprint density at radius 3 is 1.60 bits per heavy atom. The third-order valence-corrected chi connectivity index (χ3v) is 18.1. The van der Waals surface area contributed by atoms with E-state index < -0.39 is 11.0 Å². The topological polar surface area (TPSA) is 38.3 Å². The third-order valence-electron chi connectivity index (χ3n) is 12.7. The zero-order chi connectivity index (χ0) is 29.6. The largest absolute Gasteiger partial charge is 0.497 e. The van der Waals surface area contributed by atoms with Crippen molar-refractivity contribution in [1.82, 2.24) is 4.72 Å². The van der Waals surface area contributed by atoms with E-state index in [1.54, 1.807) is 12.4 Å². The first kappa shape index (κ1) is 29.2. The fourth-order valence-corrected chi connectivity index (χ4v) is 18.2. The minimum Gasteiger partial charge on any atom is -0.497 e. The highest BCUT2D eigenvalue weighted by Crippen LogP contribution is 2.78. The fraction of sp³-hybridized carbons (Fsp3) is 0.684. The van der Waals surface area contributed by atoms with Crippen LogP contribution in [0.3, 0.4) is 0 Å². The van der Waals surface area contributed by atoms with E-state index in [1.165, 1.54) is 88.2 Å². The minimum absolute atomic E-state index is 0.102. The Morgan fingerprint density at radius 2 is 1.19 bits per heavy atom. The van der Waals surface area contributed by atoms with Crippen molar-refractivity contribution in [2.45, 2.75) is 119 Å². The predicted octanol–water partition coefficient (Wildman–Crippen LogP) is 8.88. The van der Waals surface area contributed by atoms with Crippen molar-refractivity contribution in [3.63, 3.8) is 0 Å². The van der Waals surface area contributed by atoms with E-state index >= 15 is 0 Å². The van der Waals surface area contributed by atoms with Crippen molar-refractivity contribution in [1.29, 1.82) is 0 Å². The standard InChI is InChI=1S/C38H52NO2PS/c1-36(2,3)43(40)39-35(31-9-11-32(41-4)12-10-31)33-7-5-6-8-34(33)42(37-19-25-13-26(20-37)15-27(14-25)21-37)38-22-28-16-29(23-38)18-30(17-28)24-38/h5-12,25-30,35,39H,13-24H2,1-4H3/t25?,26?,27?,28?,29?,30?,35-,37?,38?,42?,43+/m0/s1. The molecular formula is C38H52NO2PS. The molecule has 0 unspecified atom stereocenters. The molecule has 232 valence electrons. The monoisotopic (exact) mass is 617 g/mol. The van der Waals surface area contributed by atoms with Gasteiger partial charge in [0.1, 0.15) is 5.75 Å². The molecule has 8 fully saturated rings. The molecule has 0 saturated heterocycles. The smallest absolute Gasteiger partial charge is 0.118 e. The Bertz CT molecular complexity index is 1260. The Labute approximate surface area is 264 Å². The van der Waals surface area contributed by atoms with Crippen LogP contribution >= 0.6 is 7.92 Å². The van der Waals surface area contributed by atoms with Gasteiger partial charge in [-0.05, 0) is 172 Å². The second-order valence-corrected chi connectivity index (χ2v) is 21.9. The normalized spacial score (nSPS) is 39.5. The number of hydrogen-bond donors (Lipinski definition) is 1. The summed E-state index contributed by atoms with van der Waals surface area (Å²) in [6.45, 7) is 6.26. The van der Waals surface area contributed by atoms with Gasteiger partial charge in [0.15, 0.2) is 0 Å². The predicted molar refractivity (Wildman–Crippen MR) is 181 cm³/mol. The first-order valence-corrected chi connectivity index (χ1v) is 19.8. The molecule has 0 aliphatic heterocycles.